The molecule has 56 heavy (non-hydrogen) atoms. The molecule has 3 N–H and O–H groups in total. The lowest BCUT2D eigenvalue weighted by Crippen LogP contribution is -2.45. The van der Waals surface area contributed by atoms with E-state index in [1.54, 1.807) is 6.08 Å². The Bertz CT molecular complexity index is 977. The van der Waals surface area contributed by atoms with Gasteiger partial charge in [0.15, 0.2) is 0 Å². The van der Waals surface area contributed by atoms with Crippen molar-refractivity contribution in [3.8, 4) is 0 Å². The molecular weight excluding hydrogens is 687 g/mol. The van der Waals surface area contributed by atoms with Crippen molar-refractivity contribution in [2.45, 2.75) is 244 Å². The molecule has 0 spiro atoms. The maximum absolute atomic E-state index is 12.3. The van der Waals surface area contributed by atoms with Gasteiger partial charge in [-0.05, 0) is 64.2 Å². The lowest BCUT2D eigenvalue weighted by atomic mass is 10.0. The Balaban J connectivity index is 3.40. The van der Waals surface area contributed by atoms with Gasteiger partial charge in [-0.3, -0.25) is 4.79 Å². The van der Waals surface area contributed by atoms with Gasteiger partial charge in [-0.25, -0.2) is 0 Å². The molecule has 0 radical (unpaired) electrons. The van der Waals surface area contributed by atoms with Gasteiger partial charge < -0.3 is 15.5 Å². The molecule has 0 saturated carbocycles. The van der Waals surface area contributed by atoms with E-state index in [9.17, 15) is 15.0 Å². The second-order valence-corrected chi connectivity index (χ2v) is 16.1. The van der Waals surface area contributed by atoms with Gasteiger partial charge in [0, 0.05) is 6.42 Å². The highest BCUT2D eigenvalue weighted by Crippen LogP contribution is 2.16. The van der Waals surface area contributed by atoms with Crippen molar-refractivity contribution in [3.63, 3.8) is 0 Å². The van der Waals surface area contributed by atoms with Gasteiger partial charge in [-0.15, -0.1) is 0 Å². The van der Waals surface area contributed by atoms with Crippen LogP contribution in [0.4, 0.5) is 0 Å². The van der Waals surface area contributed by atoms with Crippen LogP contribution in [-0.4, -0.2) is 34.9 Å². The molecule has 2 atom stereocenters. The normalized spacial score (nSPS) is 13.6. The number of nitrogens with one attached hydrogen (secondary N) is 1. The van der Waals surface area contributed by atoms with Gasteiger partial charge in [0.25, 0.3) is 0 Å². The van der Waals surface area contributed by atoms with E-state index in [1.165, 1.54) is 154 Å². The summed E-state index contributed by atoms with van der Waals surface area (Å²) in [4.78, 5) is 12.3. The number of aliphatic hydroxyl groups is 2. The third-order valence-electron chi connectivity index (χ3n) is 10.7. The zero-order valence-corrected chi connectivity index (χ0v) is 37.1. The van der Waals surface area contributed by atoms with Crippen molar-refractivity contribution in [3.05, 3.63) is 72.9 Å². The van der Waals surface area contributed by atoms with Gasteiger partial charge >= 0.3 is 0 Å². The number of hydrogen-bond acceptors (Lipinski definition) is 3. The molecule has 0 rings (SSSR count). The molecule has 0 bridgehead atoms. The predicted molar refractivity (Wildman–Crippen MR) is 248 cm³/mol. The van der Waals surface area contributed by atoms with Crippen molar-refractivity contribution >= 4 is 5.91 Å². The van der Waals surface area contributed by atoms with Crippen LogP contribution < -0.4 is 5.32 Å². The van der Waals surface area contributed by atoms with E-state index < -0.39 is 12.1 Å². The summed E-state index contributed by atoms with van der Waals surface area (Å²) in [7, 11) is 0. The quantitative estimate of drug-likeness (QED) is 0.0426. The smallest absolute Gasteiger partial charge is 0.220 e. The van der Waals surface area contributed by atoms with Crippen LogP contribution in [0.25, 0.3) is 0 Å². The minimum atomic E-state index is -0.836. The summed E-state index contributed by atoms with van der Waals surface area (Å²) in [5, 5.41) is 22.8. The number of unbranched alkanes of at least 4 members (excludes halogenated alkanes) is 26. The molecule has 2 unspecified atom stereocenters. The summed E-state index contributed by atoms with van der Waals surface area (Å²) >= 11 is 0. The maximum atomic E-state index is 12.3. The van der Waals surface area contributed by atoms with Crippen LogP contribution in [0, 0.1) is 0 Å². The molecule has 0 aliphatic carbocycles. The highest BCUT2D eigenvalue weighted by molar-refractivity contribution is 5.76. The van der Waals surface area contributed by atoms with Crippen LogP contribution in [0.1, 0.15) is 232 Å². The number of rotatable bonds is 43. The van der Waals surface area contributed by atoms with Crippen LogP contribution in [0.2, 0.25) is 0 Å². The molecule has 4 nitrogen and oxygen atoms in total. The average Bonchev–Trinajstić information content (AvgIpc) is 3.20. The Morgan fingerprint density at radius 1 is 0.446 bits per heavy atom. The van der Waals surface area contributed by atoms with Gasteiger partial charge in [0.1, 0.15) is 0 Å². The number of carbonyl (C=O) groups excluding carboxylic acids is 1. The predicted octanol–water partition coefficient (Wildman–Crippen LogP) is 15.5. The lowest BCUT2D eigenvalue weighted by Gasteiger charge is -2.20. The van der Waals surface area contributed by atoms with Gasteiger partial charge in [0.2, 0.25) is 5.91 Å². The van der Waals surface area contributed by atoms with Gasteiger partial charge in [-0.2, -0.15) is 0 Å². The molecular formula is C52H93NO3. The van der Waals surface area contributed by atoms with Crippen LogP contribution in [0.3, 0.4) is 0 Å². The fourth-order valence-electron chi connectivity index (χ4n) is 7.03. The first-order valence-electron chi connectivity index (χ1n) is 24.2. The molecule has 0 aromatic carbocycles. The first-order valence-corrected chi connectivity index (χ1v) is 24.2. The first kappa shape index (κ1) is 53.8. The minimum absolute atomic E-state index is 0.0680. The second kappa shape index (κ2) is 47.2. The second-order valence-electron chi connectivity index (χ2n) is 16.1. The number of allylic oxidation sites excluding steroid dienone is 11. The number of carbonyl (C=O) groups is 1. The highest BCUT2D eigenvalue weighted by Gasteiger charge is 2.17. The molecule has 1 amide bonds. The molecule has 324 valence electrons. The van der Waals surface area contributed by atoms with E-state index in [2.05, 4.69) is 79.9 Å². The third kappa shape index (κ3) is 43.0. The lowest BCUT2D eigenvalue weighted by molar-refractivity contribution is -0.123. The molecule has 4 heteroatoms. The zero-order chi connectivity index (χ0) is 40.7. The van der Waals surface area contributed by atoms with Gasteiger partial charge in [-0.1, -0.05) is 234 Å². The fraction of sp³-hybridized carbons (Fsp3) is 0.750. The van der Waals surface area contributed by atoms with Crippen molar-refractivity contribution in [1.82, 2.24) is 5.32 Å². The topological polar surface area (TPSA) is 69.6 Å². The van der Waals surface area contributed by atoms with Crippen LogP contribution in [-0.2, 0) is 4.79 Å². The van der Waals surface area contributed by atoms with Crippen molar-refractivity contribution in [1.29, 1.82) is 0 Å². The molecule has 0 aromatic heterocycles. The number of aliphatic hydroxyl groups excluding tert-OH is 2. The first-order chi connectivity index (χ1) is 27.7. The molecule has 0 saturated heterocycles. The maximum Gasteiger partial charge on any atom is 0.220 e. The van der Waals surface area contributed by atoms with E-state index >= 15 is 0 Å². The SMILES string of the molecule is CC/C=C\C/C=C\C/C=C\C/C=C\C/C=C\CCCCCCCCCCCCCCCCCCCCCCCC(=O)NC(CO)C(O)/C=C/CCCCCCC. The summed E-state index contributed by atoms with van der Waals surface area (Å²) in [6.07, 6.45) is 67.8. The molecule has 0 aliphatic heterocycles. The van der Waals surface area contributed by atoms with Crippen molar-refractivity contribution in [2.24, 2.45) is 0 Å². The van der Waals surface area contributed by atoms with E-state index in [1.807, 2.05) is 6.08 Å². The van der Waals surface area contributed by atoms with Crippen molar-refractivity contribution < 1.29 is 15.0 Å². The number of amides is 1. The Morgan fingerprint density at radius 3 is 1.18 bits per heavy atom. The summed E-state index contributed by atoms with van der Waals surface area (Å²) in [6.45, 7) is 4.14. The van der Waals surface area contributed by atoms with Crippen LogP contribution >= 0.6 is 0 Å². The summed E-state index contributed by atoms with van der Waals surface area (Å²) in [5.74, 6) is -0.0680. The van der Waals surface area contributed by atoms with E-state index in [0.29, 0.717) is 6.42 Å². The summed E-state index contributed by atoms with van der Waals surface area (Å²) < 4.78 is 0. The Kier molecular flexibility index (Phi) is 45.4. The van der Waals surface area contributed by atoms with E-state index in [4.69, 9.17) is 0 Å². The highest BCUT2D eigenvalue weighted by atomic mass is 16.3. The van der Waals surface area contributed by atoms with E-state index in [-0.39, 0.29) is 12.5 Å². The molecule has 0 aromatic rings. The third-order valence-corrected chi connectivity index (χ3v) is 10.7. The van der Waals surface area contributed by atoms with Crippen LogP contribution in [0.5, 0.6) is 0 Å². The van der Waals surface area contributed by atoms with E-state index in [0.717, 1.165) is 57.8 Å². The Morgan fingerprint density at radius 2 is 0.786 bits per heavy atom. The standard InChI is InChI=1S/C52H93NO3/c1-3-5-7-9-11-12-13-14-15-16-17-18-19-20-21-22-23-24-25-26-27-28-29-30-31-32-33-34-35-36-37-38-39-40-42-44-46-48-52(56)53-50(49-54)51(55)47-45-43-41-10-8-6-4-2/h5,7,11-12,14-15,17-18,20-21,45,47,50-51,54-55H,3-4,6,8-10,13,16,19,22-44,46,48-49H2,1-2H3,(H,53,56)/b7-5-,12-11-,15-14-,18-17-,21-20-,47-45+. The van der Waals surface area contributed by atoms with Crippen molar-refractivity contribution in [2.75, 3.05) is 6.61 Å². The molecule has 0 aliphatic rings. The summed E-state index contributed by atoms with van der Waals surface area (Å²) in [5.41, 5.74) is 0. The molecule has 0 fully saturated rings. The monoisotopic (exact) mass is 780 g/mol. The minimum Gasteiger partial charge on any atom is -0.394 e. The largest absolute Gasteiger partial charge is 0.394 e. The Labute approximate surface area is 349 Å². The number of hydrogen-bond donors (Lipinski definition) is 3. The zero-order valence-electron chi connectivity index (χ0n) is 37.1. The summed E-state index contributed by atoms with van der Waals surface area (Å²) in [6, 6.07) is -0.619. The average molecular weight is 780 g/mol. The van der Waals surface area contributed by atoms with Crippen LogP contribution in [0.15, 0.2) is 72.9 Å². The van der Waals surface area contributed by atoms with Gasteiger partial charge in [0.05, 0.1) is 18.8 Å². The Hall–Kier alpha value is -2.17. The molecule has 0 heterocycles. The fourth-order valence-corrected chi connectivity index (χ4v) is 7.03.